The summed E-state index contributed by atoms with van der Waals surface area (Å²) in [5.41, 5.74) is 12.9. The maximum Gasteiger partial charge on any atom is 0.0381 e. The lowest BCUT2D eigenvalue weighted by molar-refractivity contribution is 0.967. The van der Waals surface area contributed by atoms with Gasteiger partial charge in [-0.2, -0.15) is 0 Å². The largest absolute Gasteiger partial charge is 0.398 e. The summed E-state index contributed by atoms with van der Waals surface area (Å²) >= 11 is 0. The molecule has 0 saturated carbocycles. The molecule has 0 aromatic heterocycles. The third-order valence-electron chi connectivity index (χ3n) is 3.24. The van der Waals surface area contributed by atoms with Crippen LogP contribution in [0.3, 0.4) is 0 Å². The SMILES string of the molecule is CCc1cc(CC)c(CC)c(CC)c1N. The van der Waals surface area contributed by atoms with Crippen molar-refractivity contribution in [3.63, 3.8) is 0 Å². The second-order valence-electron chi connectivity index (χ2n) is 3.98. The number of rotatable bonds is 4. The predicted molar refractivity (Wildman–Crippen MR) is 68.4 cm³/mol. The Morgan fingerprint density at radius 1 is 0.800 bits per heavy atom. The summed E-state index contributed by atoms with van der Waals surface area (Å²) in [5.74, 6) is 0. The fourth-order valence-electron chi connectivity index (χ4n) is 2.38. The highest BCUT2D eigenvalue weighted by atomic mass is 14.6. The highest BCUT2D eigenvalue weighted by Crippen LogP contribution is 2.27. The normalized spacial score (nSPS) is 10.7. The van der Waals surface area contributed by atoms with Crippen molar-refractivity contribution in [1.82, 2.24) is 0 Å². The van der Waals surface area contributed by atoms with Gasteiger partial charge in [-0.1, -0.05) is 33.8 Å². The van der Waals surface area contributed by atoms with Crippen LogP contribution in [0.4, 0.5) is 5.69 Å². The number of nitrogen functional groups attached to an aromatic ring is 1. The molecule has 0 bridgehead atoms. The minimum Gasteiger partial charge on any atom is -0.398 e. The minimum atomic E-state index is 1.04. The Labute approximate surface area is 93.7 Å². The first kappa shape index (κ1) is 12.1. The van der Waals surface area contributed by atoms with E-state index in [1.165, 1.54) is 22.3 Å². The molecular formula is C14H23N. The molecule has 0 unspecified atom stereocenters. The molecule has 0 saturated heterocycles. The van der Waals surface area contributed by atoms with Crippen LogP contribution in [0.1, 0.15) is 49.9 Å². The maximum absolute atomic E-state index is 6.20. The van der Waals surface area contributed by atoms with E-state index in [0.29, 0.717) is 0 Å². The zero-order valence-electron chi connectivity index (χ0n) is 10.5. The molecule has 0 aliphatic rings. The fourth-order valence-corrected chi connectivity index (χ4v) is 2.38. The fraction of sp³-hybridized carbons (Fsp3) is 0.571. The van der Waals surface area contributed by atoms with Gasteiger partial charge in [0.25, 0.3) is 0 Å². The molecule has 1 aromatic rings. The molecule has 0 aliphatic heterocycles. The van der Waals surface area contributed by atoms with Crippen LogP contribution < -0.4 is 5.73 Å². The Morgan fingerprint density at radius 3 is 1.73 bits per heavy atom. The van der Waals surface area contributed by atoms with Crippen molar-refractivity contribution in [3.8, 4) is 0 Å². The van der Waals surface area contributed by atoms with Gasteiger partial charge in [0.2, 0.25) is 0 Å². The number of anilines is 1. The number of benzene rings is 1. The summed E-state index contributed by atoms with van der Waals surface area (Å²) in [6.45, 7) is 8.82. The minimum absolute atomic E-state index is 1.04. The van der Waals surface area contributed by atoms with E-state index in [2.05, 4.69) is 33.8 Å². The van der Waals surface area contributed by atoms with Crippen LogP contribution in [0.15, 0.2) is 6.07 Å². The third-order valence-corrected chi connectivity index (χ3v) is 3.24. The summed E-state index contributed by atoms with van der Waals surface area (Å²) in [4.78, 5) is 0. The van der Waals surface area contributed by atoms with Crippen LogP contribution in [0.25, 0.3) is 0 Å². The van der Waals surface area contributed by atoms with Crippen molar-refractivity contribution >= 4 is 5.69 Å². The van der Waals surface area contributed by atoms with E-state index < -0.39 is 0 Å². The van der Waals surface area contributed by atoms with Gasteiger partial charge in [0.15, 0.2) is 0 Å². The van der Waals surface area contributed by atoms with E-state index in [0.717, 1.165) is 31.4 Å². The van der Waals surface area contributed by atoms with Crippen LogP contribution in [0, 0.1) is 0 Å². The molecule has 2 N–H and O–H groups in total. The van der Waals surface area contributed by atoms with Crippen LogP contribution in [0.2, 0.25) is 0 Å². The molecule has 1 rings (SSSR count). The Morgan fingerprint density at radius 2 is 1.33 bits per heavy atom. The standard InChI is InChI=1S/C14H23N/c1-5-10-9-11(6-2)14(15)13(8-4)12(10)7-3/h9H,5-8,15H2,1-4H3. The summed E-state index contributed by atoms with van der Waals surface area (Å²) in [5, 5.41) is 0. The van der Waals surface area contributed by atoms with Crippen molar-refractivity contribution in [2.45, 2.75) is 53.4 Å². The molecule has 1 aromatic carbocycles. The summed E-state index contributed by atoms with van der Waals surface area (Å²) in [6, 6.07) is 2.30. The Hall–Kier alpha value is -0.980. The zero-order valence-corrected chi connectivity index (χ0v) is 10.5. The second kappa shape index (κ2) is 5.20. The van der Waals surface area contributed by atoms with E-state index >= 15 is 0 Å². The molecule has 1 nitrogen and oxygen atoms in total. The van der Waals surface area contributed by atoms with Gasteiger partial charge in [0, 0.05) is 5.69 Å². The van der Waals surface area contributed by atoms with Gasteiger partial charge in [-0.05, 0) is 47.9 Å². The van der Waals surface area contributed by atoms with E-state index in [1.54, 1.807) is 0 Å². The highest BCUT2D eigenvalue weighted by molar-refractivity contribution is 5.60. The number of hydrogen-bond acceptors (Lipinski definition) is 1. The monoisotopic (exact) mass is 205 g/mol. The number of hydrogen-bond donors (Lipinski definition) is 1. The van der Waals surface area contributed by atoms with Gasteiger partial charge >= 0.3 is 0 Å². The summed E-state index contributed by atoms with van der Waals surface area (Å²) in [6.07, 6.45) is 4.30. The lowest BCUT2D eigenvalue weighted by Gasteiger charge is -2.17. The van der Waals surface area contributed by atoms with Crippen LogP contribution >= 0.6 is 0 Å². The zero-order chi connectivity index (χ0) is 11.4. The Balaban J connectivity index is 3.43. The van der Waals surface area contributed by atoms with E-state index in [9.17, 15) is 0 Å². The lowest BCUT2D eigenvalue weighted by Crippen LogP contribution is -2.06. The Kier molecular flexibility index (Phi) is 4.19. The molecule has 0 aliphatic carbocycles. The molecule has 84 valence electrons. The third kappa shape index (κ3) is 2.17. The summed E-state index contributed by atoms with van der Waals surface area (Å²) in [7, 11) is 0. The lowest BCUT2D eigenvalue weighted by atomic mass is 9.90. The molecule has 15 heavy (non-hydrogen) atoms. The van der Waals surface area contributed by atoms with Crippen molar-refractivity contribution in [1.29, 1.82) is 0 Å². The van der Waals surface area contributed by atoms with E-state index in [1.807, 2.05) is 0 Å². The average molecular weight is 205 g/mol. The molecule has 0 heterocycles. The topological polar surface area (TPSA) is 26.0 Å². The average Bonchev–Trinajstić information content (AvgIpc) is 2.28. The van der Waals surface area contributed by atoms with Crippen molar-refractivity contribution in [2.75, 3.05) is 5.73 Å². The maximum atomic E-state index is 6.20. The Bertz CT molecular complexity index is 340. The van der Waals surface area contributed by atoms with Crippen LogP contribution in [-0.4, -0.2) is 0 Å². The summed E-state index contributed by atoms with van der Waals surface area (Å²) < 4.78 is 0. The van der Waals surface area contributed by atoms with E-state index in [-0.39, 0.29) is 0 Å². The molecule has 0 spiro atoms. The molecular weight excluding hydrogens is 182 g/mol. The van der Waals surface area contributed by atoms with Gasteiger partial charge in [0.05, 0.1) is 0 Å². The van der Waals surface area contributed by atoms with Crippen molar-refractivity contribution < 1.29 is 0 Å². The number of nitrogens with two attached hydrogens (primary N) is 1. The van der Waals surface area contributed by atoms with E-state index in [4.69, 9.17) is 5.73 Å². The predicted octanol–water partition coefficient (Wildman–Crippen LogP) is 3.52. The van der Waals surface area contributed by atoms with Crippen LogP contribution in [-0.2, 0) is 25.7 Å². The van der Waals surface area contributed by atoms with Crippen LogP contribution in [0.5, 0.6) is 0 Å². The van der Waals surface area contributed by atoms with Crippen molar-refractivity contribution in [2.24, 2.45) is 0 Å². The first-order valence-corrected chi connectivity index (χ1v) is 6.11. The van der Waals surface area contributed by atoms with Gasteiger partial charge in [-0.15, -0.1) is 0 Å². The van der Waals surface area contributed by atoms with Crippen molar-refractivity contribution in [3.05, 3.63) is 28.3 Å². The smallest absolute Gasteiger partial charge is 0.0381 e. The number of aryl methyl sites for hydroxylation is 2. The van der Waals surface area contributed by atoms with Gasteiger partial charge < -0.3 is 5.73 Å². The molecule has 1 heteroatoms. The second-order valence-corrected chi connectivity index (χ2v) is 3.98. The van der Waals surface area contributed by atoms with Gasteiger partial charge in [0.1, 0.15) is 0 Å². The molecule has 0 fully saturated rings. The molecule has 0 atom stereocenters. The molecule has 0 radical (unpaired) electrons. The first-order chi connectivity index (χ1) is 7.19. The van der Waals surface area contributed by atoms with Gasteiger partial charge in [-0.25, -0.2) is 0 Å². The highest BCUT2D eigenvalue weighted by Gasteiger charge is 2.11. The van der Waals surface area contributed by atoms with Gasteiger partial charge in [-0.3, -0.25) is 0 Å². The molecule has 0 amide bonds. The quantitative estimate of drug-likeness (QED) is 0.748. The first-order valence-electron chi connectivity index (χ1n) is 6.11.